The first-order valence-electron chi connectivity index (χ1n) is 8.62. The average Bonchev–Trinajstić information content (AvgIpc) is 3.03. The summed E-state index contributed by atoms with van der Waals surface area (Å²) >= 11 is 0. The van der Waals surface area contributed by atoms with E-state index in [0.717, 1.165) is 43.4 Å². The third-order valence-corrected chi connectivity index (χ3v) is 5.45. The molecule has 2 aliphatic heterocycles. The van der Waals surface area contributed by atoms with Crippen LogP contribution in [0.15, 0.2) is 24.3 Å². The van der Waals surface area contributed by atoms with Crippen LogP contribution in [0.1, 0.15) is 19.3 Å². The number of aliphatic hydroxyl groups is 1. The molecule has 1 aromatic heterocycles. The predicted molar refractivity (Wildman–Crippen MR) is 89.3 cm³/mol. The molecule has 4 rings (SSSR count). The number of piperidine rings is 2. The smallest absolute Gasteiger partial charge is 0.246 e. The predicted octanol–water partition coefficient (Wildman–Crippen LogP) is 0.394. The molecule has 2 atom stereocenters. The number of aromatic nitrogens is 3. The highest BCUT2D eigenvalue weighted by molar-refractivity contribution is 5.77. The Labute approximate surface area is 140 Å². The molecular weight excluding hydrogens is 306 g/mol. The minimum Gasteiger partial charge on any atom is -0.396 e. The maximum atomic E-state index is 12.7. The van der Waals surface area contributed by atoms with Crippen molar-refractivity contribution in [2.24, 2.45) is 5.41 Å². The summed E-state index contributed by atoms with van der Waals surface area (Å²) in [6.07, 6.45) is 2.90. The molecule has 7 nitrogen and oxygen atoms in total. The van der Waals surface area contributed by atoms with Gasteiger partial charge in [0.1, 0.15) is 17.6 Å². The third-order valence-electron chi connectivity index (χ3n) is 5.45. The summed E-state index contributed by atoms with van der Waals surface area (Å²) < 4.78 is 0. The Kier molecular flexibility index (Phi) is 3.97. The van der Waals surface area contributed by atoms with Crippen LogP contribution in [-0.4, -0.2) is 63.2 Å². The number of fused-ring (bicyclic) bond motifs is 2. The zero-order chi connectivity index (χ0) is 16.6. The van der Waals surface area contributed by atoms with E-state index in [1.165, 1.54) is 4.80 Å². The van der Waals surface area contributed by atoms with E-state index < -0.39 is 0 Å². The lowest BCUT2D eigenvalue weighted by Gasteiger charge is -2.50. The van der Waals surface area contributed by atoms with Crippen LogP contribution in [0.4, 0.5) is 0 Å². The summed E-state index contributed by atoms with van der Waals surface area (Å²) in [6, 6.07) is 7.92. The van der Waals surface area contributed by atoms with Crippen molar-refractivity contribution in [1.29, 1.82) is 0 Å². The van der Waals surface area contributed by atoms with Crippen molar-refractivity contribution >= 4 is 16.9 Å². The highest BCUT2D eigenvalue weighted by Gasteiger charge is 2.45. The summed E-state index contributed by atoms with van der Waals surface area (Å²) in [7, 11) is 0. The molecule has 2 aromatic rings. The Bertz CT molecular complexity index is 712. The number of nitrogens with zero attached hydrogens (tertiary/aromatic N) is 4. The molecule has 2 N–H and O–H groups in total. The molecular formula is C17H23N5O2. The summed E-state index contributed by atoms with van der Waals surface area (Å²) in [5, 5.41) is 22.2. The second-order valence-electron chi connectivity index (χ2n) is 6.95. The van der Waals surface area contributed by atoms with Crippen LogP contribution in [0.2, 0.25) is 0 Å². The number of hydrogen-bond donors (Lipinski definition) is 2. The van der Waals surface area contributed by atoms with Crippen molar-refractivity contribution in [3.8, 4) is 0 Å². The topological polar surface area (TPSA) is 83.3 Å². The Hall–Kier alpha value is -1.99. The minimum absolute atomic E-state index is 0.0205. The number of nitrogens with one attached hydrogen (secondary N) is 1. The van der Waals surface area contributed by atoms with Gasteiger partial charge in [-0.3, -0.25) is 4.79 Å². The van der Waals surface area contributed by atoms with Crippen LogP contribution in [0.5, 0.6) is 0 Å². The SMILES string of the molecule is O=C(Cn1nc2ccccc2n1)N1CC[C@H]2NCCC[C@]2(CO)C1. The number of carbonyl (C=O) groups is 1. The normalized spacial score (nSPS) is 27.2. The van der Waals surface area contributed by atoms with E-state index in [1.54, 1.807) is 0 Å². The van der Waals surface area contributed by atoms with Gasteiger partial charge in [-0.25, -0.2) is 0 Å². The Balaban J connectivity index is 1.48. The first kappa shape index (κ1) is 15.5. The second-order valence-corrected chi connectivity index (χ2v) is 6.95. The maximum Gasteiger partial charge on any atom is 0.246 e. The number of aliphatic hydroxyl groups excluding tert-OH is 1. The molecule has 2 aliphatic rings. The highest BCUT2D eigenvalue weighted by Crippen LogP contribution is 2.37. The number of carbonyl (C=O) groups excluding carboxylic acids is 1. The van der Waals surface area contributed by atoms with Crippen LogP contribution >= 0.6 is 0 Å². The average molecular weight is 329 g/mol. The fraction of sp³-hybridized carbons (Fsp3) is 0.588. The number of rotatable bonds is 3. The van der Waals surface area contributed by atoms with E-state index in [9.17, 15) is 9.90 Å². The van der Waals surface area contributed by atoms with Crippen LogP contribution in [0.25, 0.3) is 11.0 Å². The Morgan fingerprint density at radius 2 is 2.08 bits per heavy atom. The molecule has 128 valence electrons. The van der Waals surface area contributed by atoms with Crippen molar-refractivity contribution < 1.29 is 9.90 Å². The Morgan fingerprint density at radius 1 is 1.33 bits per heavy atom. The van der Waals surface area contributed by atoms with Crippen LogP contribution < -0.4 is 5.32 Å². The van der Waals surface area contributed by atoms with Crippen LogP contribution in [0.3, 0.4) is 0 Å². The molecule has 2 fully saturated rings. The quantitative estimate of drug-likeness (QED) is 0.851. The molecule has 0 aliphatic carbocycles. The van der Waals surface area contributed by atoms with Gasteiger partial charge >= 0.3 is 0 Å². The van der Waals surface area contributed by atoms with Gasteiger partial charge in [0, 0.05) is 24.5 Å². The summed E-state index contributed by atoms with van der Waals surface area (Å²) in [5.74, 6) is 0.0205. The fourth-order valence-corrected chi connectivity index (χ4v) is 4.10. The van der Waals surface area contributed by atoms with E-state index in [1.807, 2.05) is 29.2 Å². The second kappa shape index (κ2) is 6.14. The molecule has 7 heteroatoms. The van der Waals surface area contributed by atoms with E-state index in [0.29, 0.717) is 12.6 Å². The third kappa shape index (κ3) is 2.67. The van der Waals surface area contributed by atoms with Crippen molar-refractivity contribution in [1.82, 2.24) is 25.2 Å². The molecule has 0 spiro atoms. The maximum absolute atomic E-state index is 12.7. The summed E-state index contributed by atoms with van der Waals surface area (Å²) in [5.41, 5.74) is 1.40. The lowest BCUT2D eigenvalue weighted by molar-refractivity contribution is -0.138. The van der Waals surface area contributed by atoms with Gasteiger partial charge in [0.05, 0.1) is 6.61 Å². The Morgan fingerprint density at radius 3 is 2.79 bits per heavy atom. The molecule has 1 aromatic carbocycles. The number of hydrogen-bond acceptors (Lipinski definition) is 5. The first-order valence-corrected chi connectivity index (χ1v) is 8.62. The lowest BCUT2D eigenvalue weighted by Crippen LogP contribution is -2.62. The van der Waals surface area contributed by atoms with Crippen molar-refractivity contribution in [2.45, 2.75) is 31.8 Å². The number of likely N-dealkylation sites (tertiary alicyclic amines) is 1. The molecule has 2 saturated heterocycles. The largest absolute Gasteiger partial charge is 0.396 e. The van der Waals surface area contributed by atoms with Gasteiger partial charge in [-0.05, 0) is 37.9 Å². The van der Waals surface area contributed by atoms with Gasteiger partial charge in [0.25, 0.3) is 0 Å². The van der Waals surface area contributed by atoms with Crippen molar-refractivity contribution in [3.63, 3.8) is 0 Å². The molecule has 0 radical (unpaired) electrons. The van der Waals surface area contributed by atoms with E-state index in [-0.39, 0.29) is 24.5 Å². The van der Waals surface area contributed by atoms with E-state index in [2.05, 4.69) is 15.5 Å². The molecule has 24 heavy (non-hydrogen) atoms. The van der Waals surface area contributed by atoms with Gasteiger partial charge < -0.3 is 15.3 Å². The minimum atomic E-state index is -0.200. The van der Waals surface area contributed by atoms with Crippen molar-refractivity contribution in [3.05, 3.63) is 24.3 Å². The zero-order valence-corrected chi connectivity index (χ0v) is 13.7. The van der Waals surface area contributed by atoms with Crippen LogP contribution in [0, 0.1) is 5.41 Å². The summed E-state index contributed by atoms with van der Waals surface area (Å²) in [6.45, 7) is 2.61. The van der Waals surface area contributed by atoms with E-state index in [4.69, 9.17) is 0 Å². The number of benzene rings is 1. The van der Waals surface area contributed by atoms with Gasteiger partial charge in [-0.1, -0.05) is 12.1 Å². The monoisotopic (exact) mass is 329 g/mol. The van der Waals surface area contributed by atoms with Gasteiger partial charge in [-0.2, -0.15) is 15.0 Å². The molecule has 0 bridgehead atoms. The molecule has 1 amide bonds. The zero-order valence-electron chi connectivity index (χ0n) is 13.7. The molecule has 0 unspecified atom stereocenters. The van der Waals surface area contributed by atoms with Crippen molar-refractivity contribution in [2.75, 3.05) is 26.2 Å². The van der Waals surface area contributed by atoms with Crippen LogP contribution in [-0.2, 0) is 11.3 Å². The molecule has 0 saturated carbocycles. The fourth-order valence-electron chi connectivity index (χ4n) is 4.10. The summed E-state index contributed by atoms with van der Waals surface area (Å²) in [4.78, 5) is 16.0. The van der Waals surface area contributed by atoms with Gasteiger partial charge in [-0.15, -0.1) is 0 Å². The van der Waals surface area contributed by atoms with Gasteiger partial charge in [0.15, 0.2) is 0 Å². The number of amides is 1. The van der Waals surface area contributed by atoms with Gasteiger partial charge in [0.2, 0.25) is 5.91 Å². The molecule has 3 heterocycles. The highest BCUT2D eigenvalue weighted by atomic mass is 16.3. The first-order chi connectivity index (χ1) is 11.7. The van der Waals surface area contributed by atoms with E-state index >= 15 is 0 Å². The standard InChI is InChI=1S/C17H23N5O2/c23-12-17-7-3-8-18-15(17)6-9-21(11-17)16(24)10-22-19-13-4-1-2-5-14(13)20-22/h1-2,4-5,15,18,23H,3,6-12H2/t15-,17-/m1/s1. The lowest BCUT2D eigenvalue weighted by atomic mass is 9.71.